The smallest absolute Gasteiger partial charge is 0.306 e. The van der Waals surface area contributed by atoms with Crippen molar-refractivity contribution < 1.29 is 13.2 Å². The largest absolute Gasteiger partial charge is 0.390 e. The fourth-order valence-corrected chi connectivity index (χ4v) is 1.83. The SMILES string of the molecule is CC(C)C(CS)CN(C)CCC(F)(F)F. The Morgan fingerprint density at radius 3 is 2.13 bits per heavy atom. The summed E-state index contributed by atoms with van der Waals surface area (Å²) in [5.74, 6) is 1.52. The minimum absolute atomic E-state index is 0.0699. The molecule has 0 amide bonds. The summed E-state index contributed by atoms with van der Waals surface area (Å²) in [6, 6.07) is 0. The lowest BCUT2D eigenvalue weighted by Crippen LogP contribution is -2.32. The first-order valence-electron chi connectivity index (χ1n) is 5.12. The second kappa shape index (κ2) is 6.63. The molecule has 0 rings (SSSR count). The zero-order valence-electron chi connectivity index (χ0n) is 9.51. The van der Waals surface area contributed by atoms with Gasteiger partial charge in [0.2, 0.25) is 0 Å². The Morgan fingerprint density at radius 2 is 1.80 bits per heavy atom. The van der Waals surface area contributed by atoms with Crippen molar-refractivity contribution in [3.05, 3.63) is 0 Å². The van der Waals surface area contributed by atoms with Gasteiger partial charge in [0.05, 0.1) is 6.42 Å². The van der Waals surface area contributed by atoms with E-state index < -0.39 is 12.6 Å². The molecule has 0 spiro atoms. The predicted octanol–water partition coefficient (Wildman–Crippen LogP) is 3.07. The van der Waals surface area contributed by atoms with Gasteiger partial charge in [-0.25, -0.2) is 0 Å². The molecular formula is C10H20F3NS. The molecule has 0 aliphatic rings. The van der Waals surface area contributed by atoms with Gasteiger partial charge in [0.25, 0.3) is 0 Å². The van der Waals surface area contributed by atoms with Gasteiger partial charge in [0, 0.05) is 13.1 Å². The monoisotopic (exact) mass is 243 g/mol. The Bertz CT molecular complexity index is 171. The second-order valence-corrected chi connectivity index (χ2v) is 4.68. The summed E-state index contributed by atoms with van der Waals surface area (Å²) in [7, 11) is 1.73. The average molecular weight is 243 g/mol. The van der Waals surface area contributed by atoms with Crippen LogP contribution in [0.15, 0.2) is 0 Å². The van der Waals surface area contributed by atoms with Crippen LogP contribution in [-0.2, 0) is 0 Å². The van der Waals surface area contributed by atoms with E-state index in [9.17, 15) is 13.2 Å². The molecule has 0 bridgehead atoms. The Balaban J connectivity index is 3.86. The molecule has 0 fully saturated rings. The van der Waals surface area contributed by atoms with Crippen LogP contribution < -0.4 is 0 Å². The molecule has 0 radical (unpaired) electrons. The highest BCUT2D eigenvalue weighted by Crippen LogP contribution is 2.20. The topological polar surface area (TPSA) is 3.24 Å². The molecule has 1 unspecified atom stereocenters. The first-order chi connectivity index (χ1) is 6.76. The van der Waals surface area contributed by atoms with Crippen molar-refractivity contribution >= 4 is 12.6 Å². The average Bonchev–Trinajstić information content (AvgIpc) is 2.09. The number of hydrogen-bond donors (Lipinski definition) is 1. The zero-order chi connectivity index (χ0) is 12.1. The van der Waals surface area contributed by atoms with Crippen molar-refractivity contribution in [2.75, 3.05) is 25.9 Å². The predicted molar refractivity (Wildman–Crippen MR) is 60.4 cm³/mol. The number of hydrogen-bond acceptors (Lipinski definition) is 2. The van der Waals surface area contributed by atoms with E-state index in [2.05, 4.69) is 26.5 Å². The van der Waals surface area contributed by atoms with Crippen LogP contribution in [0.25, 0.3) is 0 Å². The first-order valence-corrected chi connectivity index (χ1v) is 5.75. The number of nitrogens with zero attached hydrogens (tertiary/aromatic N) is 1. The van der Waals surface area contributed by atoms with Crippen molar-refractivity contribution in [3.8, 4) is 0 Å². The minimum Gasteiger partial charge on any atom is -0.306 e. The number of thiol groups is 1. The lowest BCUT2D eigenvalue weighted by atomic mass is 9.97. The van der Waals surface area contributed by atoms with E-state index in [1.54, 1.807) is 11.9 Å². The van der Waals surface area contributed by atoms with E-state index in [1.165, 1.54) is 0 Å². The van der Waals surface area contributed by atoms with E-state index in [0.717, 1.165) is 0 Å². The van der Waals surface area contributed by atoms with Crippen LogP contribution in [0.4, 0.5) is 13.2 Å². The fourth-order valence-electron chi connectivity index (χ4n) is 1.29. The summed E-state index contributed by atoms with van der Waals surface area (Å²) in [4.78, 5) is 1.73. The number of rotatable bonds is 6. The van der Waals surface area contributed by atoms with E-state index in [-0.39, 0.29) is 6.54 Å². The van der Waals surface area contributed by atoms with E-state index >= 15 is 0 Å². The van der Waals surface area contributed by atoms with Gasteiger partial charge in [-0.3, -0.25) is 0 Å². The third kappa shape index (κ3) is 7.96. The summed E-state index contributed by atoms with van der Waals surface area (Å²) in [5.41, 5.74) is 0. The van der Waals surface area contributed by atoms with Gasteiger partial charge in [-0.05, 0) is 24.6 Å². The molecule has 0 aromatic rings. The van der Waals surface area contributed by atoms with Crippen LogP contribution in [0.5, 0.6) is 0 Å². The number of halogens is 3. The van der Waals surface area contributed by atoms with Gasteiger partial charge < -0.3 is 4.90 Å². The van der Waals surface area contributed by atoms with Gasteiger partial charge in [0.1, 0.15) is 0 Å². The van der Waals surface area contributed by atoms with Crippen molar-refractivity contribution in [2.24, 2.45) is 11.8 Å². The summed E-state index contributed by atoms with van der Waals surface area (Å²) in [5, 5.41) is 0. The Morgan fingerprint density at radius 1 is 1.27 bits per heavy atom. The Hall–Kier alpha value is 0.100. The first kappa shape index (κ1) is 15.1. The molecule has 15 heavy (non-hydrogen) atoms. The van der Waals surface area contributed by atoms with Gasteiger partial charge in [-0.2, -0.15) is 25.8 Å². The van der Waals surface area contributed by atoms with Crippen LogP contribution in [0, 0.1) is 11.8 Å². The molecule has 1 nitrogen and oxygen atoms in total. The highest BCUT2D eigenvalue weighted by Gasteiger charge is 2.27. The summed E-state index contributed by atoms with van der Waals surface area (Å²) in [6.07, 6.45) is -4.79. The fraction of sp³-hybridized carbons (Fsp3) is 1.00. The molecule has 0 aromatic carbocycles. The van der Waals surface area contributed by atoms with Crippen LogP contribution >= 0.6 is 12.6 Å². The standard InChI is InChI=1S/C10H20F3NS/c1-8(2)9(7-15)6-14(3)5-4-10(11,12)13/h8-9,15H,4-7H2,1-3H3. The van der Waals surface area contributed by atoms with Gasteiger partial charge in [-0.15, -0.1) is 0 Å². The van der Waals surface area contributed by atoms with Gasteiger partial charge >= 0.3 is 6.18 Å². The van der Waals surface area contributed by atoms with E-state index in [0.29, 0.717) is 24.1 Å². The van der Waals surface area contributed by atoms with Crippen LogP contribution in [0.2, 0.25) is 0 Å². The molecule has 0 aromatic heterocycles. The van der Waals surface area contributed by atoms with Crippen molar-refractivity contribution in [2.45, 2.75) is 26.4 Å². The van der Waals surface area contributed by atoms with Crippen LogP contribution in [-0.4, -0.2) is 37.0 Å². The molecule has 5 heteroatoms. The summed E-state index contributed by atoms with van der Waals surface area (Å²) in [6.45, 7) is 4.88. The van der Waals surface area contributed by atoms with E-state index in [4.69, 9.17) is 0 Å². The Kier molecular flexibility index (Phi) is 6.68. The maximum Gasteiger partial charge on any atom is 0.390 e. The molecule has 92 valence electrons. The molecule has 0 N–H and O–H groups in total. The van der Waals surface area contributed by atoms with Crippen molar-refractivity contribution in [3.63, 3.8) is 0 Å². The maximum absolute atomic E-state index is 12.0. The minimum atomic E-state index is -4.05. The lowest BCUT2D eigenvalue weighted by Gasteiger charge is -2.25. The normalized spacial score (nSPS) is 15.0. The molecule has 0 heterocycles. The van der Waals surface area contributed by atoms with Gasteiger partial charge in [-0.1, -0.05) is 13.8 Å². The third-order valence-corrected chi connectivity index (χ3v) is 2.97. The van der Waals surface area contributed by atoms with Gasteiger partial charge in [0.15, 0.2) is 0 Å². The lowest BCUT2D eigenvalue weighted by molar-refractivity contribution is -0.137. The number of alkyl halides is 3. The third-order valence-electron chi connectivity index (χ3n) is 2.50. The summed E-state index contributed by atoms with van der Waals surface area (Å²) >= 11 is 4.21. The molecule has 0 saturated carbocycles. The highest BCUT2D eigenvalue weighted by atomic mass is 32.1. The van der Waals surface area contributed by atoms with Crippen LogP contribution in [0.1, 0.15) is 20.3 Å². The van der Waals surface area contributed by atoms with E-state index in [1.807, 2.05) is 0 Å². The molecule has 0 aliphatic heterocycles. The zero-order valence-corrected chi connectivity index (χ0v) is 10.4. The second-order valence-electron chi connectivity index (χ2n) is 4.31. The molecule has 0 saturated heterocycles. The highest BCUT2D eigenvalue weighted by molar-refractivity contribution is 7.80. The van der Waals surface area contributed by atoms with Crippen molar-refractivity contribution in [1.29, 1.82) is 0 Å². The molecule has 0 aliphatic carbocycles. The maximum atomic E-state index is 12.0. The Labute approximate surface area is 95.4 Å². The van der Waals surface area contributed by atoms with Crippen LogP contribution in [0.3, 0.4) is 0 Å². The van der Waals surface area contributed by atoms with Crippen molar-refractivity contribution in [1.82, 2.24) is 4.90 Å². The quantitative estimate of drug-likeness (QED) is 0.702. The molecular weight excluding hydrogens is 223 g/mol. The molecule has 1 atom stereocenters. The summed E-state index contributed by atoms with van der Waals surface area (Å²) < 4.78 is 35.9.